The molecule has 3 aromatic rings. The van der Waals surface area contributed by atoms with E-state index >= 15 is 0 Å². The van der Waals surface area contributed by atoms with Gasteiger partial charge in [-0.1, -0.05) is 47.5 Å². The molecule has 0 bridgehead atoms. The Morgan fingerprint density at radius 2 is 1.68 bits per heavy atom. The van der Waals surface area contributed by atoms with Gasteiger partial charge in [0.1, 0.15) is 11.5 Å². The van der Waals surface area contributed by atoms with E-state index in [2.05, 4.69) is 0 Å². The standard InChI is InChI=1S/C24H17Cl2NO4/c1-13-4-2-6-16(10-13)27-21(14-5-3-7-17(28)11-14)20(23(30)24(27)31)22(29)15-8-9-18(25)19(26)12-15/h2-12,21,28-29H,1H3/b22-20-. The lowest BCUT2D eigenvalue weighted by atomic mass is 9.95. The zero-order chi connectivity index (χ0) is 22.3. The number of carbonyl (C=O) groups excluding carboxylic acids is 2. The normalized spacial score (nSPS) is 17.9. The van der Waals surface area contributed by atoms with Gasteiger partial charge in [-0.2, -0.15) is 0 Å². The van der Waals surface area contributed by atoms with Crippen molar-refractivity contribution in [1.29, 1.82) is 0 Å². The van der Waals surface area contributed by atoms with Gasteiger partial charge in [-0.3, -0.25) is 14.5 Å². The van der Waals surface area contributed by atoms with E-state index in [0.29, 0.717) is 16.3 Å². The summed E-state index contributed by atoms with van der Waals surface area (Å²) < 4.78 is 0. The van der Waals surface area contributed by atoms with Crippen LogP contribution in [0.3, 0.4) is 0 Å². The predicted molar refractivity (Wildman–Crippen MR) is 121 cm³/mol. The van der Waals surface area contributed by atoms with E-state index < -0.39 is 17.7 Å². The number of amides is 1. The number of carbonyl (C=O) groups is 2. The fourth-order valence-corrected chi connectivity index (χ4v) is 3.98. The maximum absolute atomic E-state index is 13.1. The maximum atomic E-state index is 13.1. The second-order valence-electron chi connectivity index (χ2n) is 7.23. The highest BCUT2D eigenvalue weighted by molar-refractivity contribution is 6.51. The van der Waals surface area contributed by atoms with Gasteiger partial charge in [-0.25, -0.2) is 0 Å². The Bertz CT molecular complexity index is 1250. The molecule has 0 aliphatic carbocycles. The van der Waals surface area contributed by atoms with Crippen molar-refractivity contribution in [1.82, 2.24) is 0 Å². The first-order valence-electron chi connectivity index (χ1n) is 9.40. The van der Waals surface area contributed by atoms with Crippen molar-refractivity contribution in [3.05, 3.63) is 99.0 Å². The third-order valence-electron chi connectivity index (χ3n) is 5.10. The molecule has 1 amide bonds. The van der Waals surface area contributed by atoms with E-state index in [1.807, 2.05) is 13.0 Å². The second kappa shape index (κ2) is 8.10. The van der Waals surface area contributed by atoms with Gasteiger partial charge in [0.2, 0.25) is 0 Å². The minimum atomic E-state index is -0.941. The number of ketones is 1. The molecule has 0 saturated carbocycles. The number of benzene rings is 3. The Morgan fingerprint density at radius 3 is 2.35 bits per heavy atom. The van der Waals surface area contributed by atoms with Gasteiger partial charge in [0.15, 0.2) is 0 Å². The molecule has 0 spiro atoms. The number of aliphatic hydroxyl groups is 1. The van der Waals surface area contributed by atoms with Crippen molar-refractivity contribution in [2.75, 3.05) is 4.90 Å². The Hall–Kier alpha value is -3.28. The first-order valence-corrected chi connectivity index (χ1v) is 10.2. The molecule has 1 heterocycles. The number of phenolic OH excluding ortho intramolecular Hbond substituents is 1. The Balaban J connectivity index is 1.97. The lowest BCUT2D eigenvalue weighted by molar-refractivity contribution is -0.132. The smallest absolute Gasteiger partial charge is 0.300 e. The molecule has 1 aliphatic rings. The second-order valence-corrected chi connectivity index (χ2v) is 8.05. The van der Waals surface area contributed by atoms with Crippen LogP contribution in [-0.2, 0) is 9.59 Å². The van der Waals surface area contributed by atoms with Crippen molar-refractivity contribution in [2.24, 2.45) is 0 Å². The zero-order valence-corrected chi connectivity index (χ0v) is 17.9. The fourth-order valence-electron chi connectivity index (χ4n) is 3.69. The molecule has 4 rings (SSSR count). The number of nitrogens with zero attached hydrogens (tertiary/aromatic N) is 1. The summed E-state index contributed by atoms with van der Waals surface area (Å²) in [6, 6.07) is 16.9. The van der Waals surface area contributed by atoms with Gasteiger partial charge in [-0.05, 0) is 60.5 Å². The number of Topliss-reactive ketones (excluding diaryl/α,β-unsaturated/α-hetero) is 1. The summed E-state index contributed by atoms with van der Waals surface area (Å²) in [4.78, 5) is 27.5. The average Bonchev–Trinajstić information content (AvgIpc) is 3.00. The first kappa shape index (κ1) is 21.0. The third-order valence-corrected chi connectivity index (χ3v) is 5.84. The Kier molecular flexibility index (Phi) is 5.48. The number of hydrogen-bond donors (Lipinski definition) is 2. The van der Waals surface area contributed by atoms with Crippen LogP contribution >= 0.6 is 23.2 Å². The van der Waals surface area contributed by atoms with Gasteiger partial charge in [0, 0.05) is 11.3 Å². The summed E-state index contributed by atoms with van der Waals surface area (Å²) in [6.07, 6.45) is 0. The summed E-state index contributed by atoms with van der Waals surface area (Å²) in [5.41, 5.74) is 2.03. The summed E-state index contributed by atoms with van der Waals surface area (Å²) in [5.74, 6) is -2.01. The number of hydrogen-bond acceptors (Lipinski definition) is 4. The summed E-state index contributed by atoms with van der Waals surface area (Å²) in [5, 5.41) is 21.6. The molecule has 5 nitrogen and oxygen atoms in total. The highest BCUT2D eigenvalue weighted by atomic mass is 35.5. The minimum Gasteiger partial charge on any atom is -0.508 e. The maximum Gasteiger partial charge on any atom is 0.300 e. The molecule has 31 heavy (non-hydrogen) atoms. The number of rotatable bonds is 3. The van der Waals surface area contributed by atoms with Crippen molar-refractivity contribution in [3.8, 4) is 5.75 Å². The van der Waals surface area contributed by atoms with Crippen LogP contribution in [0.25, 0.3) is 5.76 Å². The van der Waals surface area contributed by atoms with Crippen molar-refractivity contribution < 1.29 is 19.8 Å². The molecule has 3 aromatic carbocycles. The van der Waals surface area contributed by atoms with Crippen molar-refractivity contribution in [2.45, 2.75) is 13.0 Å². The predicted octanol–water partition coefficient (Wildman–Crippen LogP) is 5.63. The topological polar surface area (TPSA) is 77.8 Å². The number of anilines is 1. The summed E-state index contributed by atoms with van der Waals surface area (Å²) in [6.45, 7) is 1.87. The Labute approximate surface area is 188 Å². The molecular weight excluding hydrogens is 437 g/mol. The number of halogens is 2. The van der Waals surface area contributed by atoms with Crippen molar-refractivity contribution >= 4 is 46.3 Å². The molecule has 1 fully saturated rings. The van der Waals surface area contributed by atoms with E-state index in [1.165, 1.54) is 35.2 Å². The van der Waals surface area contributed by atoms with Gasteiger partial charge in [0.05, 0.1) is 21.7 Å². The third kappa shape index (κ3) is 3.78. The van der Waals surface area contributed by atoms with Gasteiger partial charge in [-0.15, -0.1) is 0 Å². The van der Waals surface area contributed by atoms with Gasteiger partial charge in [0.25, 0.3) is 11.7 Å². The minimum absolute atomic E-state index is 0.0260. The lowest BCUT2D eigenvalue weighted by Crippen LogP contribution is -2.29. The molecular formula is C24H17Cl2NO4. The zero-order valence-electron chi connectivity index (χ0n) is 16.3. The van der Waals surface area contributed by atoms with Crippen LogP contribution < -0.4 is 4.90 Å². The van der Waals surface area contributed by atoms with Crippen LogP contribution in [0.5, 0.6) is 5.75 Å². The van der Waals surface area contributed by atoms with E-state index in [-0.39, 0.29) is 27.7 Å². The molecule has 0 radical (unpaired) electrons. The molecule has 7 heteroatoms. The van der Waals surface area contributed by atoms with Crippen LogP contribution in [0, 0.1) is 6.92 Å². The molecule has 0 aromatic heterocycles. The molecule has 1 aliphatic heterocycles. The number of phenols is 1. The van der Waals surface area contributed by atoms with Crippen molar-refractivity contribution in [3.63, 3.8) is 0 Å². The van der Waals surface area contributed by atoms with Crippen LogP contribution in [0.15, 0.2) is 72.3 Å². The Morgan fingerprint density at radius 1 is 0.935 bits per heavy atom. The number of aliphatic hydroxyl groups excluding tert-OH is 1. The van der Waals surface area contributed by atoms with E-state index in [9.17, 15) is 19.8 Å². The van der Waals surface area contributed by atoms with E-state index in [0.717, 1.165) is 5.56 Å². The number of aromatic hydroxyl groups is 1. The molecule has 1 saturated heterocycles. The largest absolute Gasteiger partial charge is 0.508 e. The highest BCUT2D eigenvalue weighted by Crippen LogP contribution is 2.43. The van der Waals surface area contributed by atoms with E-state index in [1.54, 1.807) is 30.3 Å². The molecule has 156 valence electrons. The van der Waals surface area contributed by atoms with Crippen LogP contribution in [0.2, 0.25) is 10.0 Å². The van der Waals surface area contributed by atoms with Gasteiger partial charge >= 0.3 is 0 Å². The average molecular weight is 454 g/mol. The van der Waals surface area contributed by atoms with E-state index in [4.69, 9.17) is 23.2 Å². The SMILES string of the molecule is Cc1cccc(N2C(=O)C(=O)/C(=C(\O)c3ccc(Cl)c(Cl)c3)C2c2cccc(O)c2)c1. The molecule has 1 atom stereocenters. The molecule has 2 N–H and O–H groups in total. The van der Waals surface area contributed by atoms with Crippen LogP contribution in [-0.4, -0.2) is 21.9 Å². The summed E-state index contributed by atoms with van der Waals surface area (Å²) in [7, 11) is 0. The summed E-state index contributed by atoms with van der Waals surface area (Å²) >= 11 is 12.1. The lowest BCUT2D eigenvalue weighted by Gasteiger charge is -2.25. The van der Waals surface area contributed by atoms with Gasteiger partial charge < -0.3 is 10.2 Å². The van der Waals surface area contributed by atoms with Crippen LogP contribution in [0.1, 0.15) is 22.7 Å². The first-order chi connectivity index (χ1) is 14.8. The van der Waals surface area contributed by atoms with Crippen LogP contribution in [0.4, 0.5) is 5.69 Å². The fraction of sp³-hybridized carbons (Fsp3) is 0.0833. The molecule has 1 unspecified atom stereocenters. The number of aryl methyl sites for hydroxylation is 1. The monoisotopic (exact) mass is 453 g/mol. The highest BCUT2D eigenvalue weighted by Gasteiger charge is 2.47. The quantitative estimate of drug-likeness (QED) is 0.305.